The number of anilines is 1. The molecule has 22 heavy (non-hydrogen) atoms. The van der Waals surface area contributed by atoms with Crippen LogP contribution in [-0.4, -0.2) is 36.4 Å². The van der Waals surface area contributed by atoms with Crippen molar-refractivity contribution in [1.82, 2.24) is 0 Å². The van der Waals surface area contributed by atoms with Gasteiger partial charge in [0.15, 0.2) is 5.78 Å². The molecule has 0 atom stereocenters. The quantitative estimate of drug-likeness (QED) is 0.476. The van der Waals surface area contributed by atoms with Gasteiger partial charge < -0.3 is 10.2 Å². The molecule has 0 spiro atoms. The minimum Gasteiger partial charge on any atom is -0.376 e. The number of Topliss-reactive ketones (excluding diaryl/α,β-unsaturated/α-hetero) is 1. The first-order valence-electron chi connectivity index (χ1n) is 7.90. The fourth-order valence-electron chi connectivity index (χ4n) is 3.02. The Bertz CT molecular complexity index is 552. The van der Waals surface area contributed by atoms with Crippen LogP contribution in [0.4, 0.5) is 11.4 Å². The Balaban J connectivity index is 2.07. The van der Waals surface area contributed by atoms with Crippen LogP contribution in [0.5, 0.6) is 0 Å². The molecule has 2 N–H and O–H groups in total. The maximum Gasteiger partial charge on any atom is 0.293 e. The lowest BCUT2D eigenvalue weighted by atomic mass is 10.0. The van der Waals surface area contributed by atoms with Gasteiger partial charge in [-0.05, 0) is 25.5 Å². The van der Waals surface area contributed by atoms with Crippen LogP contribution in [0.15, 0.2) is 18.2 Å². The largest absolute Gasteiger partial charge is 0.376 e. The number of benzene rings is 1. The number of quaternary nitrogens is 1. The number of nitro groups is 1. The van der Waals surface area contributed by atoms with Gasteiger partial charge in [-0.2, -0.15) is 0 Å². The lowest BCUT2D eigenvalue weighted by molar-refractivity contribution is -0.905. The van der Waals surface area contributed by atoms with E-state index in [0.717, 1.165) is 25.9 Å². The third kappa shape index (κ3) is 4.04. The molecule has 1 fully saturated rings. The summed E-state index contributed by atoms with van der Waals surface area (Å²) in [5.74, 6) is -0.161. The van der Waals surface area contributed by atoms with Crippen molar-refractivity contribution in [2.45, 2.75) is 39.2 Å². The Morgan fingerprint density at radius 3 is 2.64 bits per heavy atom. The summed E-state index contributed by atoms with van der Waals surface area (Å²) in [6.07, 6.45) is 3.22. The zero-order valence-corrected chi connectivity index (χ0v) is 13.2. The molecule has 6 nitrogen and oxygen atoms in total. The average Bonchev–Trinajstić information content (AvgIpc) is 2.49. The summed E-state index contributed by atoms with van der Waals surface area (Å²) in [4.78, 5) is 23.8. The molecule has 1 aliphatic heterocycles. The first kappa shape index (κ1) is 16.4. The summed E-state index contributed by atoms with van der Waals surface area (Å²) in [6, 6.07) is 4.93. The zero-order valence-electron chi connectivity index (χ0n) is 13.2. The molecule has 0 amide bonds. The third-order valence-electron chi connectivity index (χ3n) is 4.26. The van der Waals surface area contributed by atoms with Crippen LogP contribution < -0.4 is 10.2 Å². The van der Waals surface area contributed by atoms with Gasteiger partial charge in [-0.25, -0.2) is 0 Å². The van der Waals surface area contributed by atoms with Gasteiger partial charge in [0.1, 0.15) is 5.69 Å². The number of nitrogens with one attached hydrogen (secondary N) is 2. The second kappa shape index (κ2) is 7.35. The third-order valence-corrected chi connectivity index (χ3v) is 4.26. The topological polar surface area (TPSA) is 76.7 Å². The number of hydrogen-bond donors (Lipinski definition) is 2. The molecule has 120 valence electrons. The van der Waals surface area contributed by atoms with Gasteiger partial charge in [0.2, 0.25) is 0 Å². The second-order valence-electron chi connectivity index (χ2n) is 5.96. The van der Waals surface area contributed by atoms with E-state index in [4.69, 9.17) is 0 Å². The molecule has 1 heterocycles. The van der Waals surface area contributed by atoms with Crippen LogP contribution in [0.1, 0.15) is 43.5 Å². The maximum absolute atomic E-state index is 11.4. The number of nitrogens with zero attached hydrogens (tertiary/aromatic N) is 1. The minimum absolute atomic E-state index is 0.0176. The lowest BCUT2D eigenvalue weighted by Gasteiger charge is -2.30. The van der Waals surface area contributed by atoms with E-state index < -0.39 is 4.92 Å². The Labute approximate surface area is 130 Å². The van der Waals surface area contributed by atoms with Crippen molar-refractivity contribution in [3.8, 4) is 0 Å². The molecule has 6 heteroatoms. The number of carbonyl (C=O) groups excluding carboxylic acids is 1. The summed E-state index contributed by atoms with van der Waals surface area (Å²) < 4.78 is 0. The van der Waals surface area contributed by atoms with Crippen molar-refractivity contribution in [2.24, 2.45) is 0 Å². The van der Waals surface area contributed by atoms with Crippen molar-refractivity contribution < 1.29 is 14.6 Å². The molecule has 1 aliphatic rings. The molecule has 1 saturated heterocycles. The van der Waals surface area contributed by atoms with Gasteiger partial charge >= 0.3 is 0 Å². The van der Waals surface area contributed by atoms with E-state index in [0.29, 0.717) is 11.3 Å². The summed E-state index contributed by atoms with van der Waals surface area (Å²) in [5, 5.41) is 14.5. The standard InChI is InChI=1S/C16H23N3O3/c1-3-8-18-9-6-14(7-10-18)17-15-5-4-13(12(2)20)11-16(15)19(21)22/h4-5,11,14,17H,3,6-10H2,1-2H3/p+1. The highest BCUT2D eigenvalue weighted by atomic mass is 16.6. The first-order valence-corrected chi connectivity index (χ1v) is 7.90. The van der Waals surface area contributed by atoms with Crippen molar-refractivity contribution in [3.05, 3.63) is 33.9 Å². The second-order valence-corrected chi connectivity index (χ2v) is 5.96. The smallest absolute Gasteiger partial charge is 0.293 e. The summed E-state index contributed by atoms with van der Waals surface area (Å²) in [6.45, 7) is 7.01. The summed E-state index contributed by atoms with van der Waals surface area (Å²) in [7, 11) is 0. The number of carbonyl (C=O) groups is 1. The normalized spacial score (nSPS) is 21.4. The molecule has 1 aromatic rings. The number of ketones is 1. The number of nitro benzene ring substituents is 1. The van der Waals surface area contributed by atoms with Crippen LogP contribution in [0.25, 0.3) is 0 Å². The lowest BCUT2D eigenvalue weighted by Crippen LogP contribution is -3.13. The van der Waals surface area contributed by atoms with Crippen molar-refractivity contribution in [2.75, 3.05) is 25.0 Å². The van der Waals surface area contributed by atoms with Gasteiger partial charge in [-0.3, -0.25) is 14.9 Å². The first-order chi connectivity index (χ1) is 10.5. The molecule has 0 unspecified atom stereocenters. The van der Waals surface area contributed by atoms with E-state index in [2.05, 4.69) is 12.2 Å². The Kier molecular flexibility index (Phi) is 5.49. The number of hydrogen-bond acceptors (Lipinski definition) is 4. The van der Waals surface area contributed by atoms with E-state index in [1.807, 2.05) is 0 Å². The number of piperidine rings is 1. The highest BCUT2D eigenvalue weighted by molar-refractivity contribution is 5.95. The number of likely N-dealkylation sites (tertiary alicyclic amines) is 1. The molecule has 0 radical (unpaired) electrons. The maximum atomic E-state index is 11.4. The fourth-order valence-corrected chi connectivity index (χ4v) is 3.02. The van der Waals surface area contributed by atoms with Crippen LogP contribution in [0.3, 0.4) is 0 Å². The molecular weight excluding hydrogens is 282 g/mol. The predicted octanol–water partition coefficient (Wildman–Crippen LogP) is 1.67. The monoisotopic (exact) mass is 306 g/mol. The molecular formula is C16H24N3O3+. The Morgan fingerprint density at radius 2 is 2.09 bits per heavy atom. The van der Waals surface area contributed by atoms with Crippen molar-refractivity contribution >= 4 is 17.2 Å². The molecule has 0 bridgehead atoms. The molecule has 2 rings (SSSR count). The van der Waals surface area contributed by atoms with E-state index in [1.165, 1.54) is 26.0 Å². The molecule has 1 aromatic carbocycles. The molecule has 0 saturated carbocycles. The molecule has 0 aromatic heterocycles. The van der Waals surface area contributed by atoms with Crippen LogP contribution in [0.2, 0.25) is 0 Å². The van der Waals surface area contributed by atoms with Crippen molar-refractivity contribution in [3.63, 3.8) is 0 Å². The van der Waals surface area contributed by atoms with Gasteiger partial charge in [0.25, 0.3) is 5.69 Å². The van der Waals surface area contributed by atoms with Crippen LogP contribution in [-0.2, 0) is 0 Å². The van der Waals surface area contributed by atoms with Crippen LogP contribution in [0, 0.1) is 10.1 Å². The predicted molar refractivity (Wildman–Crippen MR) is 85.6 cm³/mol. The van der Waals surface area contributed by atoms with Crippen LogP contribution >= 0.6 is 0 Å². The Hall–Kier alpha value is -1.95. The van der Waals surface area contributed by atoms with E-state index in [9.17, 15) is 14.9 Å². The summed E-state index contributed by atoms with van der Waals surface area (Å²) >= 11 is 0. The van der Waals surface area contributed by atoms with Gasteiger partial charge in [0.05, 0.1) is 24.6 Å². The Morgan fingerprint density at radius 1 is 1.41 bits per heavy atom. The number of rotatable bonds is 6. The van der Waals surface area contributed by atoms with Gasteiger partial charge in [0, 0.05) is 30.5 Å². The average molecular weight is 306 g/mol. The SMILES string of the molecule is CCC[NH+]1CCC(Nc2ccc(C(C)=O)cc2[N+](=O)[O-])CC1. The highest BCUT2D eigenvalue weighted by Crippen LogP contribution is 2.27. The highest BCUT2D eigenvalue weighted by Gasteiger charge is 2.24. The van der Waals surface area contributed by atoms with Gasteiger partial charge in [-0.15, -0.1) is 0 Å². The zero-order chi connectivity index (χ0) is 16.1. The van der Waals surface area contributed by atoms with Gasteiger partial charge in [-0.1, -0.05) is 6.92 Å². The van der Waals surface area contributed by atoms with E-state index in [1.54, 1.807) is 17.0 Å². The molecule has 0 aliphatic carbocycles. The minimum atomic E-state index is -0.424. The van der Waals surface area contributed by atoms with E-state index >= 15 is 0 Å². The van der Waals surface area contributed by atoms with E-state index in [-0.39, 0.29) is 17.5 Å². The van der Waals surface area contributed by atoms with Crippen molar-refractivity contribution in [1.29, 1.82) is 0 Å². The summed E-state index contributed by atoms with van der Waals surface area (Å²) in [5.41, 5.74) is 0.870. The fraction of sp³-hybridized carbons (Fsp3) is 0.562.